The van der Waals surface area contributed by atoms with E-state index >= 15 is 0 Å². The Morgan fingerprint density at radius 2 is 1.84 bits per heavy atom. The second-order valence-electron chi connectivity index (χ2n) is 9.29. The molecule has 1 aliphatic heterocycles. The molecule has 3 fully saturated rings. The number of carbonyl (C=O) groups excluding carboxylic acids is 2. The molecule has 32 heavy (non-hydrogen) atoms. The summed E-state index contributed by atoms with van der Waals surface area (Å²) in [5.74, 6) is 0.932. The molecule has 2 aliphatic carbocycles. The molecule has 170 valence electrons. The van der Waals surface area contributed by atoms with Gasteiger partial charge in [0.15, 0.2) is 0 Å². The lowest BCUT2D eigenvalue weighted by Gasteiger charge is -2.34. The van der Waals surface area contributed by atoms with Crippen molar-refractivity contribution in [3.05, 3.63) is 36.4 Å². The molecule has 5 rings (SSSR count). The van der Waals surface area contributed by atoms with Gasteiger partial charge in [-0.1, -0.05) is 24.3 Å². The molecule has 3 N–H and O–H groups in total. The SMILES string of the molecule is NC(=O)C1C2CCC(C2)C1C(=O)NC/C=C/CN1CCN(c2nsc3ccccc23)CC1. The van der Waals surface area contributed by atoms with E-state index in [-0.39, 0.29) is 23.7 Å². The summed E-state index contributed by atoms with van der Waals surface area (Å²) in [7, 11) is 0. The summed E-state index contributed by atoms with van der Waals surface area (Å²) in [6.45, 7) is 5.30. The normalized spacial score (nSPS) is 28.1. The molecule has 2 heterocycles. The molecule has 2 saturated carbocycles. The van der Waals surface area contributed by atoms with E-state index in [0.29, 0.717) is 18.4 Å². The molecule has 2 amide bonds. The standard InChI is InChI=1S/C24H31N5O2S/c25-22(30)20-16-7-8-17(15-16)21(20)24(31)26-9-3-4-10-28-11-13-29(14-12-28)23-18-5-1-2-6-19(18)32-27-23/h1-6,16-17,20-21H,7-15H2,(H2,25,30)(H,26,31)/b4-3+. The van der Waals surface area contributed by atoms with Gasteiger partial charge in [-0.05, 0) is 54.8 Å². The zero-order valence-electron chi connectivity index (χ0n) is 18.3. The van der Waals surface area contributed by atoms with Gasteiger partial charge in [0.2, 0.25) is 11.8 Å². The van der Waals surface area contributed by atoms with Crippen molar-refractivity contribution in [3.63, 3.8) is 0 Å². The fourth-order valence-electron chi connectivity index (χ4n) is 5.91. The van der Waals surface area contributed by atoms with Crippen LogP contribution in [0.2, 0.25) is 0 Å². The Balaban J connectivity index is 1.06. The number of hydrogen-bond acceptors (Lipinski definition) is 6. The van der Waals surface area contributed by atoms with E-state index in [2.05, 4.69) is 49.8 Å². The fourth-order valence-corrected chi connectivity index (χ4v) is 6.70. The first-order valence-electron chi connectivity index (χ1n) is 11.7. The smallest absolute Gasteiger partial charge is 0.224 e. The highest BCUT2D eigenvalue weighted by Gasteiger charge is 2.52. The summed E-state index contributed by atoms with van der Waals surface area (Å²) in [5.41, 5.74) is 5.59. The maximum atomic E-state index is 12.7. The third kappa shape index (κ3) is 4.13. The Kier molecular flexibility index (Phi) is 6.15. The summed E-state index contributed by atoms with van der Waals surface area (Å²) >= 11 is 1.57. The molecule has 3 aliphatic rings. The van der Waals surface area contributed by atoms with Crippen LogP contribution in [0.3, 0.4) is 0 Å². The number of rotatable bonds is 7. The van der Waals surface area contributed by atoms with Gasteiger partial charge in [0.25, 0.3) is 0 Å². The Labute approximate surface area is 192 Å². The molecular weight excluding hydrogens is 422 g/mol. The number of primary amides is 1. The van der Waals surface area contributed by atoms with Crippen LogP contribution in [0, 0.1) is 23.7 Å². The molecule has 2 aromatic rings. The van der Waals surface area contributed by atoms with Crippen LogP contribution in [0.15, 0.2) is 36.4 Å². The van der Waals surface area contributed by atoms with Crippen LogP contribution < -0.4 is 16.0 Å². The molecule has 4 atom stereocenters. The van der Waals surface area contributed by atoms with Gasteiger partial charge in [-0.15, -0.1) is 0 Å². The molecule has 2 bridgehead atoms. The third-order valence-corrected chi connectivity index (χ3v) is 8.32. The molecule has 8 heteroatoms. The van der Waals surface area contributed by atoms with Crippen LogP contribution in [-0.4, -0.2) is 60.4 Å². The highest BCUT2D eigenvalue weighted by atomic mass is 32.1. The first-order chi connectivity index (χ1) is 15.6. The van der Waals surface area contributed by atoms with Crippen molar-refractivity contribution < 1.29 is 9.59 Å². The average molecular weight is 454 g/mol. The van der Waals surface area contributed by atoms with E-state index in [0.717, 1.165) is 57.8 Å². The van der Waals surface area contributed by atoms with Gasteiger partial charge in [-0.3, -0.25) is 14.5 Å². The highest BCUT2D eigenvalue weighted by molar-refractivity contribution is 7.13. The number of anilines is 1. The zero-order chi connectivity index (χ0) is 22.1. The maximum absolute atomic E-state index is 12.7. The maximum Gasteiger partial charge on any atom is 0.224 e. The van der Waals surface area contributed by atoms with E-state index in [1.807, 2.05) is 6.08 Å². The van der Waals surface area contributed by atoms with Crippen molar-refractivity contribution in [2.75, 3.05) is 44.2 Å². The Morgan fingerprint density at radius 3 is 2.62 bits per heavy atom. The number of nitrogens with one attached hydrogen (secondary N) is 1. The van der Waals surface area contributed by atoms with Crippen molar-refractivity contribution in [2.45, 2.75) is 19.3 Å². The number of piperazine rings is 1. The number of amides is 2. The number of hydrogen-bond donors (Lipinski definition) is 2. The van der Waals surface area contributed by atoms with Crippen LogP contribution in [0.25, 0.3) is 10.1 Å². The molecular formula is C24H31N5O2S. The van der Waals surface area contributed by atoms with E-state index in [4.69, 9.17) is 5.73 Å². The van der Waals surface area contributed by atoms with Crippen LogP contribution in [-0.2, 0) is 9.59 Å². The molecule has 7 nitrogen and oxygen atoms in total. The topological polar surface area (TPSA) is 91.6 Å². The zero-order valence-corrected chi connectivity index (χ0v) is 19.1. The molecule has 0 spiro atoms. The van der Waals surface area contributed by atoms with Crippen LogP contribution in [0.5, 0.6) is 0 Å². The van der Waals surface area contributed by atoms with Gasteiger partial charge in [-0.2, -0.15) is 4.37 Å². The monoisotopic (exact) mass is 453 g/mol. The van der Waals surface area contributed by atoms with Gasteiger partial charge in [0.1, 0.15) is 5.82 Å². The summed E-state index contributed by atoms with van der Waals surface area (Å²) in [6.07, 6.45) is 7.20. The van der Waals surface area contributed by atoms with Crippen molar-refractivity contribution in [1.82, 2.24) is 14.6 Å². The third-order valence-electron chi connectivity index (χ3n) is 7.50. The van der Waals surface area contributed by atoms with Gasteiger partial charge in [-0.25, -0.2) is 0 Å². The number of nitrogens with two attached hydrogens (primary N) is 1. The number of benzene rings is 1. The minimum absolute atomic E-state index is 0.00486. The van der Waals surface area contributed by atoms with Crippen molar-refractivity contribution in [3.8, 4) is 0 Å². The minimum Gasteiger partial charge on any atom is -0.369 e. The predicted octanol–water partition coefficient (Wildman–Crippen LogP) is 2.24. The molecule has 1 aromatic carbocycles. The number of carbonyl (C=O) groups is 2. The lowest BCUT2D eigenvalue weighted by Crippen LogP contribution is -2.46. The summed E-state index contributed by atoms with van der Waals surface area (Å²) < 4.78 is 5.91. The average Bonchev–Trinajstić information content (AvgIpc) is 3.53. The highest BCUT2D eigenvalue weighted by Crippen LogP contribution is 2.52. The second kappa shape index (κ2) is 9.19. The summed E-state index contributed by atoms with van der Waals surface area (Å²) in [5, 5.41) is 4.25. The number of fused-ring (bicyclic) bond motifs is 3. The molecule has 0 radical (unpaired) electrons. The van der Waals surface area contributed by atoms with Crippen LogP contribution >= 0.6 is 11.5 Å². The predicted molar refractivity (Wildman–Crippen MR) is 127 cm³/mol. The molecule has 1 saturated heterocycles. The molecule has 1 aromatic heterocycles. The van der Waals surface area contributed by atoms with Gasteiger partial charge in [0.05, 0.1) is 16.5 Å². The Hall–Kier alpha value is -2.45. The Bertz CT molecular complexity index is 1010. The van der Waals surface area contributed by atoms with Crippen LogP contribution in [0.4, 0.5) is 5.82 Å². The minimum atomic E-state index is -0.308. The number of aromatic nitrogens is 1. The first kappa shape index (κ1) is 21.4. The Morgan fingerprint density at radius 1 is 1.09 bits per heavy atom. The largest absolute Gasteiger partial charge is 0.369 e. The van der Waals surface area contributed by atoms with Crippen molar-refractivity contribution in [2.24, 2.45) is 29.4 Å². The van der Waals surface area contributed by atoms with Crippen LogP contribution in [0.1, 0.15) is 19.3 Å². The van der Waals surface area contributed by atoms with E-state index < -0.39 is 0 Å². The lowest BCUT2D eigenvalue weighted by molar-refractivity contribution is -0.135. The van der Waals surface area contributed by atoms with Crippen molar-refractivity contribution in [1.29, 1.82) is 0 Å². The van der Waals surface area contributed by atoms with Gasteiger partial charge < -0.3 is 16.0 Å². The summed E-state index contributed by atoms with van der Waals surface area (Å²) in [6, 6.07) is 8.41. The van der Waals surface area contributed by atoms with E-state index in [1.54, 1.807) is 11.5 Å². The van der Waals surface area contributed by atoms with E-state index in [1.165, 1.54) is 10.1 Å². The van der Waals surface area contributed by atoms with Gasteiger partial charge >= 0.3 is 0 Å². The van der Waals surface area contributed by atoms with Crippen molar-refractivity contribution >= 4 is 39.3 Å². The fraction of sp³-hybridized carbons (Fsp3) is 0.542. The molecule has 4 unspecified atom stereocenters. The summed E-state index contributed by atoms with van der Waals surface area (Å²) in [4.78, 5) is 29.3. The number of nitrogens with zero attached hydrogens (tertiary/aromatic N) is 3. The van der Waals surface area contributed by atoms with Gasteiger partial charge in [0, 0.05) is 44.7 Å². The van der Waals surface area contributed by atoms with E-state index in [9.17, 15) is 9.59 Å². The lowest BCUT2D eigenvalue weighted by atomic mass is 9.78. The second-order valence-corrected chi connectivity index (χ2v) is 10.1. The first-order valence-corrected chi connectivity index (χ1v) is 12.4. The quantitative estimate of drug-likeness (QED) is 0.628.